The van der Waals surface area contributed by atoms with Gasteiger partial charge in [0.15, 0.2) is 5.76 Å². The SMILES string of the molecule is CCc1cc([C@@H](Nc2nc(C)cc(C)n2)c2ccc(C)cc2)c(NC(=O)c2ccco2)s1. The summed E-state index contributed by atoms with van der Waals surface area (Å²) in [5.41, 5.74) is 5.01. The topological polar surface area (TPSA) is 80.0 Å². The number of hydrogen-bond donors (Lipinski definition) is 2. The van der Waals surface area contributed by atoms with Crippen molar-refractivity contribution < 1.29 is 9.21 Å². The summed E-state index contributed by atoms with van der Waals surface area (Å²) in [6, 6.07) is 15.6. The zero-order chi connectivity index (χ0) is 22.7. The van der Waals surface area contributed by atoms with Crippen molar-refractivity contribution in [3.8, 4) is 0 Å². The van der Waals surface area contributed by atoms with Crippen LogP contribution in [0.15, 0.2) is 59.2 Å². The summed E-state index contributed by atoms with van der Waals surface area (Å²) in [5, 5.41) is 7.33. The molecular weight excluding hydrogens is 420 g/mol. The third kappa shape index (κ3) is 4.89. The van der Waals surface area contributed by atoms with Gasteiger partial charge in [-0.3, -0.25) is 4.79 Å². The largest absolute Gasteiger partial charge is 0.459 e. The number of anilines is 2. The number of benzene rings is 1. The van der Waals surface area contributed by atoms with Crippen molar-refractivity contribution in [2.24, 2.45) is 0 Å². The number of nitrogens with zero attached hydrogens (tertiary/aromatic N) is 2. The van der Waals surface area contributed by atoms with Crippen LogP contribution < -0.4 is 10.6 Å². The second-order valence-corrected chi connectivity index (χ2v) is 8.88. The van der Waals surface area contributed by atoms with Gasteiger partial charge in [-0.2, -0.15) is 0 Å². The van der Waals surface area contributed by atoms with Crippen LogP contribution in [-0.4, -0.2) is 15.9 Å². The number of rotatable bonds is 7. The maximum Gasteiger partial charge on any atom is 0.291 e. The van der Waals surface area contributed by atoms with Gasteiger partial charge in [0.1, 0.15) is 5.00 Å². The van der Waals surface area contributed by atoms with Crippen molar-refractivity contribution >= 4 is 28.2 Å². The van der Waals surface area contributed by atoms with E-state index in [1.165, 1.54) is 16.7 Å². The van der Waals surface area contributed by atoms with E-state index in [1.54, 1.807) is 23.5 Å². The minimum absolute atomic E-state index is 0.236. The molecule has 0 saturated carbocycles. The molecule has 0 radical (unpaired) electrons. The van der Waals surface area contributed by atoms with E-state index in [-0.39, 0.29) is 17.7 Å². The second-order valence-electron chi connectivity index (χ2n) is 7.74. The summed E-state index contributed by atoms with van der Waals surface area (Å²) in [6.07, 6.45) is 2.37. The van der Waals surface area contributed by atoms with Crippen LogP contribution in [0.25, 0.3) is 0 Å². The molecule has 4 rings (SSSR count). The molecule has 0 saturated heterocycles. The predicted molar refractivity (Wildman–Crippen MR) is 129 cm³/mol. The number of aromatic nitrogens is 2. The third-order valence-corrected chi connectivity index (χ3v) is 6.32. The van der Waals surface area contributed by atoms with Gasteiger partial charge in [-0.05, 0) is 57.0 Å². The predicted octanol–water partition coefficient (Wildman–Crippen LogP) is 6.07. The molecule has 1 amide bonds. The molecule has 32 heavy (non-hydrogen) atoms. The number of aryl methyl sites for hydroxylation is 4. The number of amides is 1. The molecule has 3 heterocycles. The van der Waals surface area contributed by atoms with Crippen molar-refractivity contribution in [1.29, 1.82) is 0 Å². The third-order valence-electron chi connectivity index (χ3n) is 5.11. The van der Waals surface area contributed by atoms with Crippen LogP contribution in [0.4, 0.5) is 10.9 Å². The molecule has 2 N–H and O–H groups in total. The molecule has 3 aromatic heterocycles. The molecular formula is C25H26N4O2S. The molecule has 7 heteroatoms. The van der Waals surface area contributed by atoms with Crippen molar-refractivity contribution in [2.45, 2.75) is 40.2 Å². The Balaban J connectivity index is 1.77. The van der Waals surface area contributed by atoms with Crippen molar-refractivity contribution in [1.82, 2.24) is 9.97 Å². The van der Waals surface area contributed by atoms with E-state index < -0.39 is 0 Å². The van der Waals surface area contributed by atoms with E-state index in [0.717, 1.165) is 33.9 Å². The summed E-state index contributed by atoms with van der Waals surface area (Å²) < 4.78 is 5.28. The van der Waals surface area contributed by atoms with Gasteiger partial charge in [-0.25, -0.2) is 9.97 Å². The Morgan fingerprint density at radius 1 is 1.06 bits per heavy atom. The number of thiophene rings is 1. The lowest BCUT2D eigenvalue weighted by atomic mass is 9.99. The van der Waals surface area contributed by atoms with Gasteiger partial charge in [-0.15, -0.1) is 11.3 Å². The van der Waals surface area contributed by atoms with Crippen LogP contribution in [0.2, 0.25) is 0 Å². The average Bonchev–Trinajstić information content (AvgIpc) is 3.42. The Labute approximate surface area is 191 Å². The van der Waals surface area contributed by atoms with Gasteiger partial charge < -0.3 is 15.1 Å². The lowest BCUT2D eigenvalue weighted by Crippen LogP contribution is -2.18. The molecule has 164 valence electrons. The minimum atomic E-state index is -0.272. The average molecular weight is 447 g/mol. The van der Waals surface area contributed by atoms with E-state index in [9.17, 15) is 4.79 Å². The Kier molecular flexibility index (Phi) is 6.37. The normalized spacial score (nSPS) is 11.9. The van der Waals surface area contributed by atoms with Crippen molar-refractivity contribution in [3.05, 3.63) is 93.5 Å². The first-order valence-electron chi connectivity index (χ1n) is 10.6. The van der Waals surface area contributed by atoms with Crippen LogP contribution in [0.3, 0.4) is 0 Å². The lowest BCUT2D eigenvalue weighted by molar-refractivity contribution is 0.0997. The highest BCUT2D eigenvalue weighted by molar-refractivity contribution is 7.16. The van der Waals surface area contributed by atoms with Crippen LogP contribution in [0, 0.1) is 20.8 Å². The van der Waals surface area contributed by atoms with Gasteiger partial charge in [0.2, 0.25) is 5.95 Å². The Bertz CT molecular complexity index is 1190. The summed E-state index contributed by atoms with van der Waals surface area (Å²) in [4.78, 5) is 23.1. The van der Waals surface area contributed by atoms with E-state index in [1.807, 2.05) is 19.9 Å². The fourth-order valence-electron chi connectivity index (χ4n) is 3.54. The van der Waals surface area contributed by atoms with Crippen molar-refractivity contribution in [3.63, 3.8) is 0 Å². The van der Waals surface area contributed by atoms with E-state index >= 15 is 0 Å². The molecule has 0 aliphatic rings. The Hall–Kier alpha value is -3.45. The first-order valence-corrected chi connectivity index (χ1v) is 11.4. The summed E-state index contributed by atoms with van der Waals surface area (Å²) in [5.74, 6) is 0.562. The molecule has 0 fully saturated rings. The van der Waals surface area contributed by atoms with E-state index in [4.69, 9.17) is 4.42 Å². The molecule has 6 nitrogen and oxygen atoms in total. The summed E-state index contributed by atoms with van der Waals surface area (Å²) >= 11 is 1.57. The lowest BCUT2D eigenvalue weighted by Gasteiger charge is -2.21. The molecule has 0 aliphatic carbocycles. The van der Waals surface area contributed by atoms with Gasteiger partial charge in [0.25, 0.3) is 5.91 Å². The standard InChI is InChI=1S/C25H26N4O2S/c1-5-19-14-20(24(32-19)29-23(30)21-7-6-12-31-21)22(18-10-8-15(2)9-11-18)28-25-26-16(3)13-17(4)27-25/h6-14,22H,5H2,1-4H3,(H,29,30)(H,26,27,28)/t22-/m0/s1. The van der Waals surface area contributed by atoms with Gasteiger partial charge in [-0.1, -0.05) is 36.8 Å². The number of hydrogen-bond acceptors (Lipinski definition) is 6. The molecule has 0 unspecified atom stereocenters. The molecule has 1 aromatic carbocycles. The molecule has 0 bridgehead atoms. The minimum Gasteiger partial charge on any atom is -0.459 e. The number of carbonyl (C=O) groups is 1. The molecule has 0 aliphatic heterocycles. The first-order chi connectivity index (χ1) is 15.4. The fraction of sp³-hybridized carbons (Fsp3) is 0.240. The Morgan fingerprint density at radius 3 is 2.41 bits per heavy atom. The summed E-state index contributed by atoms with van der Waals surface area (Å²) in [6.45, 7) is 8.08. The Morgan fingerprint density at radius 2 is 1.78 bits per heavy atom. The maximum absolute atomic E-state index is 12.7. The zero-order valence-electron chi connectivity index (χ0n) is 18.6. The van der Waals surface area contributed by atoms with Crippen LogP contribution in [0.5, 0.6) is 0 Å². The highest BCUT2D eigenvalue weighted by Gasteiger charge is 2.23. The fourth-order valence-corrected chi connectivity index (χ4v) is 4.57. The number of nitrogens with one attached hydrogen (secondary N) is 2. The van der Waals surface area contributed by atoms with Gasteiger partial charge in [0.05, 0.1) is 12.3 Å². The van der Waals surface area contributed by atoms with Gasteiger partial charge in [0, 0.05) is 21.8 Å². The van der Waals surface area contributed by atoms with Crippen LogP contribution in [0.1, 0.15) is 56.5 Å². The highest BCUT2D eigenvalue weighted by Crippen LogP contribution is 2.38. The van der Waals surface area contributed by atoms with Gasteiger partial charge >= 0.3 is 0 Å². The summed E-state index contributed by atoms with van der Waals surface area (Å²) in [7, 11) is 0. The monoisotopic (exact) mass is 446 g/mol. The molecule has 4 aromatic rings. The van der Waals surface area contributed by atoms with E-state index in [2.05, 4.69) is 64.8 Å². The van der Waals surface area contributed by atoms with E-state index in [0.29, 0.717) is 5.95 Å². The van der Waals surface area contributed by atoms with Crippen LogP contribution >= 0.6 is 11.3 Å². The highest BCUT2D eigenvalue weighted by atomic mass is 32.1. The van der Waals surface area contributed by atoms with Crippen molar-refractivity contribution in [2.75, 3.05) is 10.6 Å². The second kappa shape index (κ2) is 9.36. The zero-order valence-corrected chi connectivity index (χ0v) is 19.4. The first kappa shape index (κ1) is 21.8. The molecule has 1 atom stereocenters. The smallest absolute Gasteiger partial charge is 0.291 e. The number of furan rings is 1. The quantitative estimate of drug-likeness (QED) is 0.360. The van der Waals surface area contributed by atoms with Crippen LogP contribution in [-0.2, 0) is 6.42 Å². The number of carbonyl (C=O) groups excluding carboxylic acids is 1. The molecule has 0 spiro atoms. The maximum atomic E-state index is 12.7.